The monoisotopic (exact) mass is 618 g/mol. The van der Waals surface area contributed by atoms with Gasteiger partial charge in [-0.05, 0) is 85.8 Å². The standard InChI is InChI=1S/C35H46N4O6/c1-8-38(9-2)16-18-44-25-12-14-27-28-15-13-26(45-19-17-39(10-3)11-4)23-30(28)33(29(27)22-25)36-37-35(40)24-20-31(41-5)34(43-7)32(21-24)42-6/h12-15,20-23H,8-11,16-19H2,1-7H3,(H,37,40). The molecule has 1 aliphatic rings. The summed E-state index contributed by atoms with van der Waals surface area (Å²) in [5.74, 6) is 2.23. The smallest absolute Gasteiger partial charge is 0.271 e. The second kappa shape index (κ2) is 16.2. The lowest BCUT2D eigenvalue weighted by molar-refractivity contribution is 0.0954. The summed E-state index contributed by atoms with van der Waals surface area (Å²) in [5.41, 5.74) is 7.46. The van der Waals surface area contributed by atoms with Crippen molar-refractivity contribution in [2.75, 3.05) is 73.8 Å². The second-order valence-corrected chi connectivity index (χ2v) is 10.5. The molecule has 0 spiro atoms. The summed E-state index contributed by atoms with van der Waals surface area (Å²) in [4.78, 5) is 18.0. The van der Waals surface area contributed by atoms with Crippen molar-refractivity contribution in [1.82, 2.24) is 15.2 Å². The second-order valence-electron chi connectivity index (χ2n) is 10.5. The first-order chi connectivity index (χ1) is 21.9. The van der Waals surface area contributed by atoms with Crippen LogP contribution in [0.2, 0.25) is 0 Å². The van der Waals surface area contributed by atoms with Crippen LogP contribution in [0.4, 0.5) is 0 Å². The van der Waals surface area contributed by atoms with Gasteiger partial charge in [-0.1, -0.05) is 27.7 Å². The molecule has 3 aromatic rings. The maximum atomic E-state index is 13.4. The number of rotatable bonds is 17. The van der Waals surface area contributed by atoms with Gasteiger partial charge in [0.15, 0.2) is 11.5 Å². The van der Waals surface area contributed by atoms with Gasteiger partial charge >= 0.3 is 0 Å². The Balaban J connectivity index is 1.65. The lowest BCUT2D eigenvalue weighted by Crippen LogP contribution is -2.27. The molecule has 10 heteroatoms. The zero-order chi connectivity index (χ0) is 32.3. The van der Waals surface area contributed by atoms with E-state index in [9.17, 15) is 4.79 Å². The fourth-order valence-electron chi connectivity index (χ4n) is 5.40. The van der Waals surface area contributed by atoms with E-state index in [1.807, 2.05) is 36.4 Å². The van der Waals surface area contributed by atoms with Crippen molar-refractivity contribution in [3.63, 3.8) is 0 Å². The zero-order valence-corrected chi connectivity index (χ0v) is 27.6. The van der Waals surface area contributed by atoms with Crippen LogP contribution in [0.15, 0.2) is 53.6 Å². The molecular weight excluding hydrogens is 572 g/mol. The van der Waals surface area contributed by atoms with Gasteiger partial charge in [0.1, 0.15) is 24.7 Å². The summed E-state index contributed by atoms with van der Waals surface area (Å²) in [6.07, 6.45) is 0. The molecule has 0 unspecified atom stereocenters. The fourth-order valence-corrected chi connectivity index (χ4v) is 5.40. The largest absolute Gasteiger partial charge is 0.493 e. The molecule has 0 heterocycles. The Morgan fingerprint density at radius 3 is 1.53 bits per heavy atom. The van der Waals surface area contributed by atoms with Crippen molar-refractivity contribution in [3.05, 3.63) is 65.2 Å². The van der Waals surface area contributed by atoms with Crippen LogP contribution in [0.1, 0.15) is 49.2 Å². The number of carbonyl (C=O) groups excluding carboxylic acids is 1. The highest BCUT2D eigenvalue weighted by Gasteiger charge is 2.27. The van der Waals surface area contributed by atoms with Crippen molar-refractivity contribution in [2.45, 2.75) is 27.7 Å². The minimum Gasteiger partial charge on any atom is -0.493 e. The fraction of sp³-hybridized carbons (Fsp3) is 0.429. The number of hydrogen-bond acceptors (Lipinski definition) is 9. The van der Waals surface area contributed by atoms with Gasteiger partial charge in [-0.3, -0.25) is 4.79 Å². The van der Waals surface area contributed by atoms with E-state index in [2.05, 4.69) is 48.0 Å². The number of carbonyl (C=O) groups is 1. The van der Waals surface area contributed by atoms with E-state index in [0.29, 0.717) is 41.7 Å². The molecule has 0 saturated heterocycles. The molecule has 0 aliphatic heterocycles. The molecule has 0 aromatic heterocycles. The summed E-state index contributed by atoms with van der Waals surface area (Å²) in [6.45, 7) is 15.3. The molecule has 0 radical (unpaired) electrons. The van der Waals surface area contributed by atoms with E-state index < -0.39 is 5.91 Å². The maximum Gasteiger partial charge on any atom is 0.271 e. The van der Waals surface area contributed by atoms with Gasteiger partial charge in [0.2, 0.25) is 5.75 Å². The number of hydrogen-bond donors (Lipinski definition) is 1. The predicted molar refractivity (Wildman–Crippen MR) is 178 cm³/mol. The number of fused-ring (bicyclic) bond motifs is 3. The van der Waals surface area contributed by atoms with Crippen LogP contribution >= 0.6 is 0 Å². The van der Waals surface area contributed by atoms with Gasteiger partial charge in [0, 0.05) is 29.8 Å². The van der Waals surface area contributed by atoms with Crippen molar-refractivity contribution in [3.8, 4) is 39.9 Å². The van der Waals surface area contributed by atoms with Gasteiger partial charge in [0.25, 0.3) is 5.91 Å². The van der Waals surface area contributed by atoms with E-state index >= 15 is 0 Å². The van der Waals surface area contributed by atoms with Crippen LogP contribution in [0, 0.1) is 0 Å². The van der Waals surface area contributed by atoms with Gasteiger partial charge in [-0.2, -0.15) is 5.10 Å². The number of nitrogens with one attached hydrogen (secondary N) is 1. The zero-order valence-electron chi connectivity index (χ0n) is 27.6. The molecule has 0 saturated carbocycles. The Morgan fingerprint density at radius 1 is 0.667 bits per heavy atom. The molecule has 0 atom stereocenters. The first-order valence-electron chi connectivity index (χ1n) is 15.6. The lowest BCUT2D eigenvalue weighted by atomic mass is 10.1. The van der Waals surface area contributed by atoms with Crippen LogP contribution < -0.4 is 29.1 Å². The first kappa shape index (κ1) is 33.6. The van der Waals surface area contributed by atoms with Crippen molar-refractivity contribution >= 4 is 11.6 Å². The molecule has 1 N–H and O–H groups in total. The Hall–Kier alpha value is -4.28. The first-order valence-corrected chi connectivity index (χ1v) is 15.6. The van der Waals surface area contributed by atoms with Crippen molar-refractivity contribution in [1.29, 1.82) is 0 Å². The molecule has 0 bridgehead atoms. The predicted octanol–water partition coefficient (Wildman–Crippen LogP) is 5.32. The van der Waals surface area contributed by atoms with Gasteiger partial charge in [-0.25, -0.2) is 5.43 Å². The number of nitrogens with zero attached hydrogens (tertiary/aromatic N) is 3. The number of ether oxygens (including phenoxy) is 5. The minimum atomic E-state index is -0.421. The summed E-state index contributed by atoms with van der Waals surface area (Å²) < 4.78 is 28.6. The molecule has 3 aromatic carbocycles. The topological polar surface area (TPSA) is 94.1 Å². The molecule has 1 amide bonds. The third-order valence-electron chi connectivity index (χ3n) is 8.12. The molecular formula is C35H46N4O6. The molecule has 0 fully saturated rings. The Kier molecular flexibility index (Phi) is 12.1. The average molecular weight is 619 g/mol. The normalized spacial score (nSPS) is 11.7. The van der Waals surface area contributed by atoms with Gasteiger partial charge in [-0.15, -0.1) is 0 Å². The van der Waals surface area contributed by atoms with Crippen molar-refractivity contribution < 1.29 is 28.5 Å². The summed E-state index contributed by atoms with van der Waals surface area (Å²) in [5, 5.41) is 4.66. The highest BCUT2D eigenvalue weighted by atomic mass is 16.5. The van der Waals surface area contributed by atoms with Crippen LogP contribution in [0.5, 0.6) is 28.7 Å². The molecule has 4 rings (SSSR count). The third kappa shape index (κ3) is 7.87. The number of hydrazone groups is 1. The van der Waals surface area contributed by atoms with E-state index in [1.165, 1.54) is 21.3 Å². The number of benzene rings is 3. The van der Waals surface area contributed by atoms with E-state index in [4.69, 9.17) is 23.7 Å². The molecule has 1 aliphatic carbocycles. The Labute approximate surface area is 266 Å². The summed E-state index contributed by atoms with van der Waals surface area (Å²) in [7, 11) is 4.54. The minimum absolute atomic E-state index is 0.314. The summed E-state index contributed by atoms with van der Waals surface area (Å²) >= 11 is 0. The highest BCUT2D eigenvalue weighted by Crippen LogP contribution is 2.41. The van der Waals surface area contributed by atoms with E-state index in [-0.39, 0.29) is 0 Å². The van der Waals surface area contributed by atoms with E-state index in [0.717, 1.165) is 73.0 Å². The van der Waals surface area contributed by atoms with Crippen LogP contribution in [0.25, 0.3) is 11.1 Å². The maximum absolute atomic E-state index is 13.4. The molecule has 10 nitrogen and oxygen atoms in total. The van der Waals surface area contributed by atoms with Gasteiger partial charge in [0.05, 0.1) is 27.0 Å². The Morgan fingerprint density at radius 2 is 1.13 bits per heavy atom. The number of methoxy groups -OCH3 is 3. The van der Waals surface area contributed by atoms with Gasteiger partial charge < -0.3 is 33.5 Å². The number of likely N-dealkylation sites (N-methyl/N-ethyl adjacent to an activating group) is 2. The molecule has 242 valence electrons. The van der Waals surface area contributed by atoms with Crippen LogP contribution in [-0.2, 0) is 0 Å². The molecule has 45 heavy (non-hydrogen) atoms. The Bertz CT molecular complexity index is 1390. The van der Waals surface area contributed by atoms with Crippen molar-refractivity contribution in [2.24, 2.45) is 5.10 Å². The highest BCUT2D eigenvalue weighted by molar-refractivity contribution is 6.25. The van der Waals surface area contributed by atoms with Crippen LogP contribution in [0.3, 0.4) is 0 Å². The lowest BCUT2D eigenvalue weighted by Gasteiger charge is -2.18. The van der Waals surface area contributed by atoms with E-state index in [1.54, 1.807) is 12.1 Å². The SMILES string of the molecule is CCN(CC)CCOc1ccc2c(c1)C(=NNC(=O)c1cc(OC)c(OC)c(OC)c1)c1cc(OCCN(CC)CC)ccc1-2. The van der Waals surface area contributed by atoms with Crippen LogP contribution in [-0.4, -0.2) is 95.2 Å². The third-order valence-corrected chi connectivity index (χ3v) is 8.12. The quantitative estimate of drug-likeness (QED) is 0.159. The number of amides is 1. The summed E-state index contributed by atoms with van der Waals surface area (Å²) in [6, 6.07) is 15.2. The average Bonchev–Trinajstić information content (AvgIpc) is 3.38.